The van der Waals surface area contributed by atoms with Crippen molar-refractivity contribution >= 4 is 17.6 Å². The first kappa shape index (κ1) is 18.7. The summed E-state index contributed by atoms with van der Waals surface area (Å²) >= 11 is 0. The summed E-state index contributed by atoms with van der Waals surface area (Å²) in [5.74, 6) is -5.32. The SMILES string of the molecule is C=C(C(=O)O)C(=O)OC1Oc2c(F)c(F)c(CC)c(CC)c2NC1C. The van der Waals surface area contributed by atoms with Gasteiger partial charge in [-0.1, -0.05) is 20.4 Å². The van der Waals surface area contributed by atoms with Crippen molar-refractivity contribution in [3.63, 3.8) is 0 Å². The fourth-order valence-corrected chi connectivity index (χ4v) is 2.69. The van der Waals surface area contributed by atoms with Crippen molar-refractivity contribution in [1.82, 2.24) is 0 Å². The van der Waals surface area contributed by atoms with Gasteiger partial charge in [0.25, 0.3) is 6.29 Å². The number of benzene rings is 1. The Morgan fingerprint density at radius 3 is 2.36 bits per heavy atom. The molecule has 25 heavy (non-hydrogen) atoms. The highest BCUT2D eigenvalue weighted by atomic mass is 19.2. The van der Waals surface area contributed by atoms with E-state index < -0.39 is 41.5 Å². The van der Waals surface area contributed by atoms with Gasteiger partial charge in [0.1, 0.15) is 5.57 Å². The first-order valence-corrected chi connectivity index (χ1v) is 7.81. The number of halogens is 2. The molecule has 0 spiro atoms. The molecule has 2 rings (SSSR count). The van der Waals surface area contributed by atoms with Crippen LogP contribution in [0.25, 0.3) is 0 Å². The molecule has 0 saturated heterocycles. The molecule has 1 aliphatic rings. The Labute approximate surface area is 143 Å². The van der Waals surface area contributed by atoms with Crippen molar-refractivity contribution < 1.29 is 33.0 Å². The zero-order valence-corrected chi connectivity index (χ0v) is 14.1. The topological polar surface area (TPSA) is 84.9 Å². The van der Waals surface area contributed by atoms with Crippen LogP contribution >= 0.6 is 0 Å². The molecule has 1 aromatic rings. The maximum atomic E-state index is 14.4. The van der Waals surface area contributed by atoms with Crippen molar-refractivity contribution in [2.45, 2.75) is 45.9 Å². The molecule has 0 saturated carbocycles. The predicted octanol–water partition coefficient (Wildman–Crippen LogP) is 2.79. The van der Waals surface area contributed by atoms with Crippen LogP contribution in [0, 0.1) is 11.6 Å². The van der Waals surface area contributed by atoms with Gasteiger partial charge in [0.05, 0.1) is 11.7 Å². The third-order valence-corrected chi connectivity index (χ3v) is 4.00. The Morgan fingerprint density at radius 2 is 1.84 bits per heavy atom. The van der Waals surface area contributed by atoms with Crippen LogP contribution in [0.4, 0.5) is 14.5 Å². The first-order valence-electron chi connectivity index (χ1n) is 7.81. The van der Waals surface area contributed by atoms with Crippen molar-refractivity contribution in [3.05, 3.63) is 34.9 Å². The number of aliphatic carboxylic acids is 1. The van der Waals surface area contributed by atoms with E-state index in [1.807, 2.05) is 0 Å². The van der Waals surface area contributed by atoms with Crippen LogP contribution in [0.15, 0.2) is 12.2 Å². The number of hydrogen-bond donors (Lipinski definition) is 2. The smallest absolute Gasteiger partial charge is 0.348 e. The van der Waals surface area contributed by atoms with Gasteiger partial charge in [-0.3, -0.25) is 0 Å². The molecule has 8 heteroatoms. The van der Waals surface area contributed by atoms with E-state index in [1.54, 1.807) is 20.8 Å². The standard InChI is InChI=1S/C17H19F2NO5/c1-5-9-10(6-2)13-14(12(19)11(9)18)24-17(8(4)20-13)25-16(23)7(3)15(21)22/h8,17,20H,3,5-6H2,1-2,4H3,(H,21,22). The first-order chi connectivity index (χ1) is 11.7. The number of carbonyl (C=O) groups excluding carboxylic acids is 1. The average molecular weight is 355 g/mol. The van der Waals surface area contributed by atoms with Gasteiger partial charge in [-0.2, -0.15) is 4.39 Å². The molecule has 2 N–H and O–H groups in total. The largest absolute Gasteiger partial charge is 0.477 e. The summed E-state index contributed by atoms with van der Waals surface area (Å²) in [6.45, 7) is 8.22. The summed E-state index contributed by atoms with van der Waals surface area (Å²) in [5, 5.41) is 11.7. The van der Waals surface area contributed by atoms with Gasteiger partial charge in [0.2, 0.25) is 5.82 Å². The third kappa shape index (κ3) is 3.29. The zero-order chi connectivity index (χ0) is 18.9. The fraction of sp³-hybridized carbons (Fsp3) is 0.412. The molecule has 136 valence electrons. The maximum absolute atomic E-state index is 14.4. The second-order valence-electron chi connectivity index (χ2n) is 5.60. The fourth-order valence-electron chi connectivity index (χ4n) is 2.69. The van der Waals surface area contributed by atoms with Crippen molar-refractivity contribution in [1.29, 1.82) is 0 Å². The van der Waals surface area contributed by atoms with E-state index in [9.17, 15) is 18.4 Å². The molecule has 0 fully saturated rings. The quantitative estimate of drug-likeness (QED) is 0.366. The lowest BCUT2D eigenvalue weighted by Crippen LogP contribution is -2.44. The summed E-state index contributed by atoms with van der Waals surface area (Å²) in [4.78, 5) is 22.5. The van der Waals surface area contributed by atoms with Gasteiger partial charge in [0.15, 0.2) is 11.6 Å². The lowest BCUT2D eigenvalue weighted by Gasteiger charge is -2.34. The van der Waals surface area contributed by atoms with Crippen molar-refractivity contribution in [2.24, 2.45) is 0 Å². The summed E-state index contributed by atoms with van der Waals surface area (Å²) in [6.07, 6.45) is -0.569. The summed E-state index contributed by atoms with van der Waals surface area (Å²) in [6, 6.07) is -0.613. The number of nitrogens with one attached hydrogen (secondary N) is 1. The lowest BCUT2D eigenvalue weighted by molar-refractivity contribution is -0.163. The van der Waals surface area contributed by atoms with Gasteiger partial charge in [0, 0.05) is 0 Å². The highest BCUT2D eigenvalue weighted by Crippen LogP contribution is 2.41. The van der Waals surface area contributed by atoms with E-state index in [0.717, 1.165) is 0 Å². The monoisotopic (exact) mass is 355 g/mol. The van der Waals surface area contributed by atoms with Crippen molar-refractivity contribution in [3.8, 4) is 5.75 Å². The number of anilines is 1. The van der Waals surface area contributed by atoms with E-state index in [2.05, 4.69) is 11.9 Å². The molecule has 2 unspecified atom stereocenters. The Balaban J connectivity index is 2.39. The molecule has 6 nitrogen and oxygen atoms in total. The highest BCUT2D eigenvalue weighted by Gasteiger charge is 2.36. The molecule has 1 aromatic carbocycles. The molecule has 1 heterocycles. The Bertz CT molecular complexity index is 747. The number of carboxylic acid groups (broad SMARTS) is 1. The molecule has 0 amide bonds. The van der Waals surface area contributed by atoms with Crippen LogP contribution in [0.2, 0.25) is 0 Å². The molecule has 0 aliphatic carbocycles. The number of carboxylic acids is 1. The number of rotatable bonds is 5. The minimum Gasteiger partial charge on any atom is -0.477 e. The maximum Gasteiger partial charge on any atom is 0.348 e. The zero-order valence-electron chi connectivity index (χ0n) is 14.1. The summed E-state index contributed by atoms with van der Waals surface area (Å²) in [7, 11) is 0. The van der Waals surface area contributed by atoms with E-state index in [1.165, 1.54) is 0 Å². The Kier molecular flexibility index (Phi) is 5.30. The minimum atomic E-state index is -1.54. The van der Waals surface area contributed by atoms with Crippen LogP contribution in [0.1, 0.15) is 31.9 Å². The van der Waals surface area contributed by atoms with Crippen LogP contribution in [-0.2, 0) is 27.2 Å². The molecular formula is C17H19F2NO5. The van der Waals surface area contributed by atoms with E-state index in [0.29, 0.717) is 24.1 Å². The second-order valence-corrected chi connectivity index (χ2v) is 5.60. The van der Waals surface area contributed by atoms with Gasteiger partial charge < -0.3 is 19.9 Å². The van der Waals surface area contributed by atoms with Gasteiger partial charge in [-0.15, -0.1) is 0 Å². The number of hydrogen-bond acceptors (Lipinski definition) is 5. The Morgan fingerprint density at radius 1 is 1.24 bits per heavy atom. The number of fused-ring (bicyclic) bond motifs is 1. The molecule has 0 bridgehead atoms. The second kappa shape index (κ2) is 7.08. The highest BCUT2D eigenvalue weighted by molar-refractivity contribution is 6.12. The lowest BCUT2D eigenvalue weighted by atomic mass is 9.97. The summed E-state index contributed by atoms with van der Waals surface area (Å²) < 4.78 is 38.9. The molecule has 0 radical (unpaired) electrons. The Hall–Kier alpha value is -2.64. The molecular weight excluding hydrogens is 336 g/mol. The number of esters is 1. The van der Waals surface area contributed by atoms with Gasteiger partial charge >= 0.3 is 11.9 Å². The van der Waals surface area contributed by atoms with Gasteiger partial charge in [-0.05, 0) is 30.9 Å². The van der Waals surface area contributed by atoms with Crippen LogP contribution in [0.3, 0.4) is 0 Å². The van der Waals surface area contributed by atoms with Crippen LogP contribution in [0.5, 0.6) is 5.75 Å². The van der Waals surface area contributed by atoms with Crippen molar-refractivity contribution in [2.75, 3.05) is 5.32 Å². The summed E-state index contributed by atoms with van der Waals surface area (Å²) in [5.41, 5.74) is 0.374. The normalized spacial score (nSPS) is 18.6. The van der Waals surface area contributed by atoms with Gasteiger partial charge in [-0.25, -0.2) is 14.0 Å². The molecule has 0 aromatic heterocycles. The predicted molar refractivity (Wildman–Crippen MR) is 85.5 cm³/mol. The number of carbonyl (C=O) groups is 2. The minimum absolute atomic E-state index is 0.261. The van der Waals surface area contributed by atoms with Crippen LogP contribution < -0.4 is 10.1 Å². The molecule has 2 atom stereocenters. The molecule has 1 aliphatic heterocycles. The van der Waals surface area contributed by atoms with E-state index in [-0.39, 0.29) is 11.3 Å². The average Bonchev–Trinajstić information content (AvgIpc) is 2.58. The van der Waals surface area contributed by atoms with E-state index in [4.69, 9.17) is 14.6 Å². The third-order valence-electron chi connectivity index (χ3n) is 4.00. The number of ether oxygens (including phenoxy) is 2. The van der Waals surface area contributed by atoms with Crippen LogP contribution in [-0.4, -0.2) is 29.4 Å². The van der Waals surface area contributed by atoms with E-state index >= 15 is 0 Å².